The van der Waals surface area contributed by atoms with Crippen molar-refractivity contribution in [1.29, 1.82) is 0 Å². The first-order valence-electron chi connectivity index (χ1n) is 12.4. The normalized spacial score (nSPS) is 30.1. The molecule has 0 aliphatic heterocycles. The lowest BCUT2D eigenvalue weighted by Gasteiger charge is -2.30. The van der Waals surface area contributed by atoms with Gasteiger partial charge >= 0.3 is 0 Å². The number of rotatable bonds is 12. The number of hydrogen-bond donors (Lipinski definition) is 0. The van der Waals surface area contributed by atoms with E-state index in [2.05, 4.69) is 26.0 Å². The van der Waals surface area contributed by atoms with Crippen LogP contribution in [0.4, 0.5) is 0 Å². The van der Waals surface area contributed by atoms with Crippen molar-refractivity contribution in [2.24, 2.45) is 23.7 Å². The van der Waals surface area contributed by atoms with Gasteiger partial charge in [-0.1, -0.05) is 122 Å². The van der Waals surface area contributed by atoms with Crippen molar-refractivity contribution in [2.75, 3.05) is 0 Å². The Morgan fingerprint density at radius 2 is 0.962 bits per heavy atom. The molecule has 0 radical (unpaired) electrons. The van der Waals surface area contributed by atoms with Gasteiger partial charge in [0, 0.05) is 0 Å². The fourth-order valence-corrected chi connectivity index (χ4v) is 5.67. The van der Waals surface area contributed by atoms with E-state index in [9.17, 15) is 0 Å². The van der Waals surface area contributed by atoms with E-state index in [1.165, 1.54) is 83.5 Å². The quantitative estimate of drug-likeness (QED) is 0.240. The van der Waals surface area contributed by atoms with Gasteiger partial charge in [0.05, 0.1) is 0 Å². The lowest BCUT2D eigenvalue weighted by atomic mass is 9.76. The molecule has 0 aromatic carbocycles. The van der Waals surface area contributed by atoms with Gasteiger partial charge in [0.25, 0.3) is 0 Å². The first-order chi connectivity index (χ1) is 12.8. The molecule has 0 heterocycles. The average molecular weight is 361 g/mol. The largest absolute Gasteiger partial charge is 0.0917 e. The molecule has 2 aliphatic rings. The second kappa shape index (κ2) is 13.8. The molecule has 26 heavy (non-hydrogen) atoms. The molecule has 0 heteroatoms. The van der Waals surface area contributed by atoms with Gasteiger partial charge in [-0.25, -0.2) is 0 Å². The number of allylic oxidation sites excluding steroid dienone is 2. The van der Waals surface area contributed by atoms with Gasteiger partial charge in [0.1, 0.15) is 0 Å². The molecule has 0 atom stereocenters. The van der Waals surface area contributed by atoms with Crippen LogP contribution in [0.3, 0.4) is 0 Å². The first kappa shape index (κ1) is 22.0. The van der Waals surface area contributed by atoms with Crippen molar-refractivity contribution in [3.63, 3.8) is 0 Å². The van der Waals surface area contributed by atoms with Gasteiger partial charge in [0.15, 0.2) is 0 Å². The van der Waals surface area contributed by atoms with Crippen LogP contribution in [-0.4, -0.2) is 0 Å². The summed E-state index contributed by atoms with van der Waals surface area (Å²) in [6.07, 6.45) is 31.6. The third kappa shape index (κ3) is 9.09. The van der Waals surface area contributed by atoms with Crippen molar-refractivity contribution >= 4 is 0 Å². The number of hydrogen-bond acceptors (Lipinski definition) is 0. The Bertz CT molecular complexity index is 339. The topological polar surface area (TPSA) is 0 Å². The van der Waals surface area contributed by atoms with E-state index in [1.54, 1.807) is 32.1 Å². The first-order valence-corrected chi connectivity index (χ1v) is 12.4. The third-order valence-electron chi connectivity index (χ3n) is 7.60. The van der Waals surface area contributed by atoms with Crippen molar-refractivity contribution in [3.05, 3.63) is 12.2 Å². The molecule has 2 rings (SSSR count). The summed E-state index contributed by atoms with van der Waals surface area (Å²) < 4.78 is 0. The molecule has 0 spiro atoms. The minimum Gasteiger partial charge on any atom is -0.0917 e. The summed E-state index contributed by atoms with van der Waals surface area (Å²) in [6, 6.07) is 0. The maximum Gasteiger partial charge on any atom is -0.0348 e. The molecule has 152 valence electrons. The van der Waals surface area contributed by atoms with E-state index in [4.69, 9.17) is 0 Å². The molecular weight excluding hydrogens is 312 g/mol. The molecule has 0 aromatic rings. The van der Waals surface area contributed by atoms with E-state index < -0.39 is 0 Å². The van der Waals surface area contributed by atoms with Gasteiger partial charge in [-0.2, -0.15) is 0 Å². The zero-order valence-electron chi connectivity index (χ0n) is 18.2. The van der Waals surface area contributed by atoms with E-state index >= 15 is 0 Å². The van der Waals surface area contributed by atoms with Crippen LogP contribution in [-0.2, 0) is 0 Å². The molecule has 0 bridgehead atoms. The van der Waals surface area contributed by atoms with Crippen LogP contribution in [0.5, 0.6) is 0 Å². The summed E-state index contributed by atoms with van der Waals surface area (Å²) in [5.41, 5.74) is 0. The van der Waals surface area contributed by atoms with Crippen LogP contribution in [0.15, 0.2) is 12.2 Å². The Morgan fingerprint density at radius 3 is 1.35 bits per heavy atom. The van der Waals surface area contributed by atoms with Crippen LogP contribution >= 0.6 is 0 Å². The van der Waals surface area contributed by atoms with Gasteiger partial charge in [-0.15, -0.1) is 0 Å². The van der Waals surface area contributed by atoms with Crippen LogP contribution < -0.4 is 0 Å². The van der Waals surface area contributed by atoms with Gasteiger partial charge in [-0.05, 0) is 43.4 Å². The highest BCUT2D eigenvalue weighted by Crippen LogP contribution is 2.36. The van der Waals surface area contributed by atoms with Crippen molar-refractivity contribution in [3.8, 4) is 0 Å². The fraction of sp³-hybridized carbons (Fsp3) is 0.923. The summed E-state index contributed by atoms with van der Waals surface area (Å²) in [6.45, 7) is 4.48. The second-order valence-corrected chi connectivity index (χ2v) is 9.70. The zero-order chi connectivity index (χ0) is 18.5. The summed E-state index contributed by atoms with van der Waals surface area (Å²) in [5.74, 6) is 4.28. The monoisotopic (exact) mass is 360 g/mol. The Morgan fingerprint density at radius 1 is 0.577 bits per heavy atom. The molecular formula is C26H48. The summed E-state index contributed by atoms with van der Waals surface area (Å²) in [5, 5.41) is 0. The molecule has 0 N–H and O–H groups in total. The minimum absolute atomic E-state index is 1.04. The SMILES string of the molecule is C/C=C/CCC1CCC(CCCCC2CCC(CCCCC)CC2)CC1. The van der Waals surface area contributed by atoms with E-state index in [0.717, 1.165) is 23.7 Å². The summed E-state index contributed by atoms with van der Waals surface area (Å²) >= 11 is 0. The lowest BCUT2D eigenvalue weighted by Crippen LogP contribution is -2.15. The van der Waals surface area contributed by atoms with E-state index in [1.807, 2.05) is 0 Å². The Kier molecular flexibility index (Phi) is 11.7. The highest BCUT2D eigenvalue weighted by atomic mass is 14.3. The van der Waals surface area contributed by atoms with Crippen LogP contribution in [0.25, 0.3) is 0 Å². The molecule has 2 aliphatic carbocycles. The third-order valence-corrected chi connectivity index (χ3v) is 7.60. The number of unbranched alkanes of at least 4 members (excludes halogenated alkanes) is 3. The summed E-state index contributed by atoms with van der Waals surface area (Å²) in [4.78, 5) is 0. The van der Waals surface area contributed by atoms with Gasteiger partial charge in [-0.3, -0.25) is 0 Å². The second-order valence-electron chi connectivity index (χ2n) is 9.70. The smallest absolute Gasteiger partial charge is 0.0348 e. The van der Waals surface area contributed by atoms with Crippen LogP contribution in [0, 0.1) is 23.7 Å². The van der Waals surface area contributed by atoms with Crippen molar-refractivity contribution in [2.45, 2.75) is 129 Å². The van der Waals surface area contributed by atoms with Crippen molar-refractivity contribution in [1.82, 2.24) is 0 Å². The van der Waals surface area contributed by atoms with E-state index in [-0.39, 0.29) is 0 Å². The van der Waals surface area contributed by atoms with Gasteiger partial charge in [0.2, 0.25) is 0 Å². The Balaban J connectivity index is 1.44. The lowest BCUT2D eigenvalue weighted by molar-refractivity contribution is 0.232. The predicted octanol–water partition coefficient (Wildman–Crippen LogP) is 9.10. The molecule has 2 fully saturated rings. The van der Waals surface area contributed by atoms with Crippen LogP contribution in [0.2, 0.25) is 0 Å². The van der Waals surface area contributed by atoms with E-state index in [0.29, 0.717) is 0 Å². The Labute approximate surface area is 165 Å². The highest BCUT2D eigenvalue weighted by Gasteiger charge is 2.22. The standard InChI is InChI=1S/C26H48/c1-3-5-7-11-23-15-19-25(20-16-23)13-9-10-14-26-21-17-24(18-22-26)12-8-6-4-2/h3,5,23-26H,4,6-22H2,1-2H3/b5-3+. The van der Waals surface area contributed by atoms with Gasteiger partial charge < -0.3 is 0 Å². The zero-order valence-corrected chi connectivity index (χ0v) is 18.2. The summed E-state index contributed by atoms with van der Waals surface area (Å²) in [7, 11) is 0. The van der Waals surface area contributed by atoms with Crippen LogP contribution in [0.1, 0.15) is 129 Å². The molecule has 0 nitrogen and oxygen atoms in total. The molecule has 0 unspecified atom stereocenters. The molecule has 2 saturated carbocycles. The fourth-order valence-electron chi connectivity index (χ4n) is 5.67. The maximum absolute atomic E-state index is 2.35. The predicted molar refractivity (Wildman–Crippen MR) is 118 cm³/mol. The maximum atomic E-state index is 2.35. The molecule has 0 aromatic heterocycles. The Hall–Kier alpha value is -0.260. The molecule has 0 amide bonds. The van der Waals surface area contributed by atoms with Crippen molar-refractivity contribution < 1.29 is 0 Å². The minimum atomic E-state index is 1.04. The molecule has 0 saturated heterocycles. The highest BCUT2D eigenvalue weighted by molar-refractivity contribution is 4.80. The average Bonchev–Trinajstić information content (AvgIpc) is 2.68.